The summed E-state index contributed by atoms with van der Waals surface area (Å²) in [6.07, 6.45) is 9.89. The van der Waals surface area contributed by atoms with E-state index in [-0.39, 0.29) is 0 Å². The average Bonchev–Trinajstić information content (AvgIpc) is 3.79. The molecular formula is C50H39N3. The van der Waals surface area contributed by atoms with Crippen LogP contribution in [0.5, 0.6) is 0 Å². The summed E-state index contributed by atoms with van der Waals surface area (Å²) < 4.78 is 2.51. The van der Waals surface area contributed by atoms with Crippen LogP contribution in [0.15, 0.2) is 156 Å². The summed E-state index contributed by atoms with van der Waals surface area (Å²) in [7, 11) is 0. The quantitative estimate of drug-likeness (QED) is 0.128. The fraction of sp³-hybridized carbons (Fsp3) is 0.120. The second-order valence-electron chi connectivity index (χ2n) is 14.5. The van der Waals surface area contributed by atoms with Gasteiger partial charge in [-0.25, -0.2) is 9.98 Å². The largest absolute Gasteiger partial charge is 0.309 e. The standard InChI is InChI=1S/C50H39N3/c1-32(34-14-5-3-6-15-34)51-50(38-25-26-42-39(31-38)29-36-16-9-10-18-41(36)42)52-33(2)35-24-27-43-40(28-35)30-37-17-13-23-48(49(37)43)53-46-21-8-4-7-19-44(46)45-20-11-12-22-47(45)53/h3,5-6,8-18,20-28,31H,2,4,7,19,29-30H2,1H3. The van der Waals surface area contributed by atoms with Crippen LogP contribution in [0.3, 0.4) is 0 Å². The predicted octanol–water partition coefficient (Wildman–Crippen LogP) is 12.0. The van der Waals surface area contributed by atoms with Gasteiger partial charge in [0.05, 0.1) is 16.9 Å². The van der Waals surface area contributed by atoms with Gasteiger partial charge in [0.15, 0.2) is 5.84 Å². The van der Waals surface area contributed by atoms with Gasteiger partial charge in [0, 0.05) is 27.9 Å². The molecule has 0 saturated heterocycles. The van der Waals surface area contributed by atoms with E-state index in [1.807, 2.05) is 6.07 Å². The molecule has 0 spiro atoms. The molecule has 53 heavy (non-hydrogen) atoms. The van der Waals surface area contributed by atoms with Crippen LogP contribution in [0.25, 0.3) is 50.6 Å². The fourth-order valence-electron chi connectivity index (χ4n) is 8.75. The zero-order valence-electron chi connectivity index (χ0n) is 29.9. The smallest absolute Gasteiger partial charge is 0.160 e. The number of aliphatic imine (C=N–C) groups is 2. The molecule has 0 amide bonds. The van der Waals surface area contributed by atoms with E-state index in [0.717, 1.165) is 48.1 Å². The number of hydrogen-bond donors (Lipinski definition) is 0. The highest BCUT2D eigenvalue weighted by molar-refractivity contribution is 6.13. The van der Waals surface area contributed by atoms with Crippen molar-refractivity contribution in [1.82, 2.24) is 4.57 Å². The molecule has 0 radical (unpaired) electrons. The van der Waals surface area contributed by atoms with Crippen molar-refractivity contribution < 1.29 is 0 Å². The highest BCUT2D eigenvalue weighted by Crippen LogP contribution is 2.44. The van der Waals surface area contributed by atoms with Crippen molar-refractivity contribution in [3.63, 3.8) is 0 Å². The van der Waals surface area contributed by atoms with E-state index in [1.54, 1.807) is 0 Å². The Morgan fingerprint density at radius 2 is 1.34 bits per heavy atom. The number of nitrogens with zero attached hydrogens (tertiary/aromatic N) is 3. The van der Waals surface area contributed by atoms with Gasteiger partial charge in [-0.1, -0.05) is 122 Å². The lowest BCUT2D eigenvalue weighted by molar-refractivity contribution is 0.855. The van der Waals surface area contributed by atoms with Crippen LogP contribution < -0.4 is 0 Å². The third kappa shape index (κ3) is 5.35. The molecule has 3 nitrogen and oxygen atoms in total. The summed E-state index contributed by atoms with van der Waals surface area (Å²) in [4.78, 5) is 10.4. The van der Waals surface area contributed by atoms with Crippen LogP contribution in [-0.2, 0) is 19.3 Å². The number of para-hydroxylation sites is 1. The third-order valence-corrected chi connectivity index (χ3v) is 11.3. The molecule has 3 aliphatic rings. The lowest BCUT2D eigenvalue weighted by atomic mass is 10.0. The summed E-state index contributed by atoms with van der Waals surface area (Å²) in [5.74, 6) is 0.675. The Hall–Kier alpha value is -6.32. The molecular weight excluding hydrogens is 643 g/mol. The Kier molecular flexibility index (Phi) is 7.54. The molecule has 1 heterocycles. The van der Waals surface area contributed by atoms with Crippen molar-refractivity contribution in [2.75, 3.05) is 0 Å². The lowest BCUT2D eigenvalue weighted by Gasteiger charge is -2.15. The zero-order chi connectivity index (χ0) is 35.5. The molecule has 6 aromatic carbocycles. The number of rotatable bonds is 5. The minimum absolute atomic E-state index is 0.675. The van der Waals surface area contributed by atoms with Gasteiger partial charge in [0.2, 0.25) is 0 Å². The molecule has 254 valence electrons. The van der Waals surface area contributed by atoms with E-state index in [1.165, 1.54) is 78.8 Å². The molecule has 10 rings (SSSR count). The molecule has 0 aliphatic heterocycles. The fourth-order valence-corrected chi connectivity index (χ4v) is 8.75. The maximum atomic E-state index is 5.20. The van der Waals surface area contributed by atoms with Crippen LogP contribution in [-0.4, -0.2) is 16.1 Å². The van der Waals surface area contributed by atoms with Crippen LogP contribution in [0, 0.1) is 0 Å². The number of aromatic nitrogens is 1. The molecule has 3 aliphatic carbocycles. The molecule has 0 bridgehead atoms. The number of hydrogen-bond acceptors (Lipinski definition) is 1. The molecule has 0 N–H and O–H groups in total. The molecule has 0 atom stereocenters. The van der Waals surface area contributed by atoms with Gasteiger partial charge in [-0.05, 0) is 125 Å². The number of benzene rings is 6. The van der Waals surface area contributed by atoms with E-state index < -0.39 is 0 Å². The van der Waals surface area contributed by atoms with Gasteiger partial charge in [-0.3, -0.25) is 0 Å². The number of aryl methyl sites for hydroxylation is 1. The second-order valence-corrected chi connectivity index (χ2v) is 14.5. The van der Waals surface area contributed by atoms with E-state index in [2.05, 4.69) is 158 Å². The van der Waals surface area contributed by atoms with Crippen molar-refractivity contribution in [2.24, 2.45) is 9.98 Å². The van der Waals surface area contributed by atoms with E-state index >= 15 is 0 Å². The summed E-state index contributed by atoms with van der Waals surface area (Å²) in [6, 6.07) is 48.2. The zero-order valence-corrected chi connectivity index (χ0v) is 29.9. The normalized spacial score (nSPS) is 14.4. The van der Waals surface area contributed by atoms with Crippen LogP contribution in [0.2, 0.25) is 0 Å². The molecule has 3 heteroatoms. The van der Waals surface area contributed by atoms with Gasteiger partial charge >= 0.3 is 0 Å². The first-order valence-electron chi connectivity index (χ1n) is 18.8. The summed E-state index contributed by atoms with van der Waals surface area (Å²) in [5, 5.41) is 1.36. The Bertz CT molecular complexity index is 2720. The maximum Gasteiger partial charge on any atom is 0.160 e. The van der Waals surface area contributed by atoms with Crippen molar-refractivity contribution in [1.29, 1.82) is 0 Å². The highest BCUT2D eigenvalue weighted by atomic mass is 15.0. The van der Waals surface area contributed by atoms with Gasteiger partial charge < -0.3 is 4.57 Å². The van der Waals surface area contributed by atoms with Crippen molar-refractivity contribution in [3.8, 4) is 27.9 Å². The summed E-state index contributed by atoms with van der Waals surface area (Å²) in [6.45, 7) is 6.59. The maximum absolute atomic E-state index is 5.20. The number of amidine groups is 1. The van der Waals surface area contributed by atoms with Crippen molar-refractivity contribution in [3.05, 3.63) is 196 Å². The number of fused-ring (bicyclic) bond motifs is 9. The Labute approximate surface area is 311 Å². The first kappa shape index (κ1) is 31.4. The Balaban J connectivity index is 1.05. The Morgan fingerprint density at radius 1 is 0.623 bits per heavy atom. The molecule has 0 saturated carbocycles. The van der Waals surface area contributed by atoms with Gasteiger partial charge in [0.1, 0.15) is 0 Å². The van der Waals surface area contributed by atoms with Gasteiger partial charge in [0.25, 0.3) is 0 Å². The average molecular weight is 682 g/mol. The molecule has 0 unspecified atom stereocenters. The first-order chi connectivity index (χ1) is 26.1. The topological polar surface area (TPSA) is 29.6 Å². The van der Waals surface area contributed by atoms with Crippen molar-refractivity contribution >= 4 is 34.2 Å². The SMILES string of the molecule is C=C(N=C(N=C(C)c1ccccc1)c1ccc2c(c1)Cc1ccccc1-2)c1ccc2c(c1)Cc1cccc(-n3c4c(c5ccccc53)CCCC=C4)c1-2. The minimum atomic E-state index is 0.675. The number of allylic oxidation sites excluding steroid dienone is 1. The van der Waals surface area contributed by atoms with Crippen molar-refractivity contribution in [2.45, 2.75) is 39.0 Å². The Morgan fingerprint density at radius 3 is 2.26 bits per heavy atom. The summed E-state index contributed by atoms with van der Waals surface area (Å²) in [5.41, 5.74) is 20.6. The highest BCUT2D eigenvalue weighted by Gasteiger charge is 2.26. The molecule has 1 aromatic heterocycles. The second kappa shape index (κ2) is 12.7. The predicted molar refractivity (Wildman–Crippen MR) is 222 cm³/mol. The summed E-state index contributed by atoms with van der Waals surface area (Å²) >= 11 is 0. The lowest BCUT2D eigenvalue weighted by Crippen LogP contribution is -2.05. The van der Waals surface area contributed by atoms with Crippen LogP contribution in [0.4, 0.5) is 0 Å². The molecule has 7 aromatic rings. The third-order valence-electron chi connectivity index (χ3n) is 11.3. The van der Waals surface area contributed by atoms with E-state index in [0.29, 0.717) is 11.5 Å². The molecule has 0 fully saturated rings. The van der Waals surface area contributed by atoms with Gasteiger partial charge in [-0.15, -0.1) is 0 Å². The van der Waals surface area contributed by atoms with E-state index in [9.17, 15) is 0 Å². The first-order valence-corrected chi connectivity index (χ1v) is 18.8. The monoisotopic (exact) mass is 681 g/mol. The van der Waals surface area contributed by atoms with Crippen LogP contribution in [0.1, 0.15) is 70.0 Å². The van der Waals surface area contributed by atoms with Gasteiger partial charge in [-0.2, -0.15) is 0 Å². The van der Waals surface area contributed by atoms with Crippen LogP contribution >= 0.6 is 0 Å². The minimum Gasteiger partial charge on any atom is -0.309 e. The van der Waals surface area contributed by atoms with E-state index in [4.69, 9.17) is 9.98 Å².